The number of aromatic amines is 1. The van der Waals surface area contributed by atoms with E-state index >= 15 is 0 Å². The molecule has 5 heteroatoms. The van der Waals surface area contributed by atoms with Gasteiger partial charge in [0, 0.05) is 29.1 Å². The van der Waals surface area contributed by atoms with E-state index in [0.29, 0.717) is 6.42 Å². The highest BCUT2D eigenvalue weighted by atomic mass is 35.5. The van der Waals surface area contributed by atoms with E-state index in [2.05, 4.69) is 22.6 Å². The van der Waals surface area contributed by atoms with Gasteiger partial charge < -0.3 is 4.98 Å². The van der Waals surface area contributed by atoms with E-state index in [4.69, 9.17) is 0 Å². The van der Waals surface area contributed by atoms with Crippen molar-refractivity contribution >= 4 is 29.2 Å². The Hall–Kier alpha value is -2.33. The quantitative estimate of drug-likeness (QED) is 0.710. The van der Waals surface area contributed by atoms with Gasteiger partial charge in [-0.15, -0.1) is 19.0 Å². The van der Waals surface area contributed by atoms with Crippen LogP contribution >= 0.6 is 12.4 Å². The van der Waals surface area contributed by atoms with Crippen molar-refractivity contribution in [3.05, 3.63) is 65.9 Å². The van der Waals surface area contributed by atoms with Gasteiger partial charge in [-0.05, 0) is 37.8 Å². The second-order valence-corrected chi connectivity index (χ2v) is 6.52. The Balaban J connectivity index is 0.00000182. The van der Waals surface area contributed by atoms with E-state index in [1.165, 1.54) is 10.9 Å². The number of para-hydroxylation sites is 1. The zero-order valence-corrected chi connectivity index (χ0v) is 15.1. The van der Waals surface area contributed by atoms with Crippen molar-refractivity contribution in [3.8, 4) is 0 Å². The third kappa shape index (κ3) is 2.81. The van der Waals surface area contributed by atoms with Crippen molar-refractivity contribution in [1.82, 2.24) is 14.5 Å². The molecule has 1 aliphatic heterocycles. The Kier molecular flexibility index (Phi) is 4.82. The van der Waals surface area contributed by atoms with Gasteiger partial charge in [-0.1, -0.05) is 24.3 Å². The number of carbonyl (C=O) groups excluding carboxylic acids is 1. The normalized spacial score (nSPS) is 16.5. The molecule has 0 bridgehead atoms. The molecule has 1 atom stereocenters. The van der Waals surface area contributed by atoms with Crippen LogP contribution in [0.1, 0.15) is 33.9 Å². The highest BCUT2D eigenvalue weighted by molar-refractivity contribution is 5.98. The number of aryl methyl sites for hydroxylation is 1. The lowest BCUT2D eigenvalue weighted by molar-refractivity contribution is 0.0808. The fourth-order valence-electron chi connectivity index (χ4n) is 3.88. The molecule has 2 aromatic heterocycles. The van der Waals surface area contributed by atoms with Gasteiger partial charge in [0.15, 0.2) is 0 Å². The van der Waals surface area contributed by atoms with E-state index in [-0.39, 0.29) is 24.2 Å². The molecule has 3 heterocycles. The number of hydrogen-bond donors (Lipinski definition) is 1. The maximum absolute atomic E-state index is 13.2. The molecule has 1 aliphatic rings. The molecule has 0 fully saturated rings. The van der Waals surface area contributed by atoms with Crippen LogP contribution in [0.2, 0.25) is 0 Å². The van der Waals surface area contributed by atoms with Crippen molar-refractivity contribution in [3.63, 3.8) is 0 Å². The first-order chi connectivity index (χ1) is 11.7. The van der Waals surface area contributed by atoms with Crippen LogP contribution in [0.4, 0.5) is 0 Å². The van der Waals surface area contributed by atoms with Gasteiger partial charge in [0.05, 0.1) is 17.5 Å². The fourth-order valence-corrected chi connectivity index (χ4v) is 3.88. The standard InChI is InChI=1S/C20H21N3O.ClH/c1-3-6-15-16-7-4-5-8-18(16)23-19(15)10-9-14(20(23)24)11-17-13(2)21-12-22-17;/h3-5,7-8,12,14H,1,6,9-11H2,2H3,(H,21,22);1H. The molecular formula is C20H22ClN3O. The number of nitrogens with zero attached hydrogens (tertiary/aromatic N) is 2. The van der Waals surface area contributed by atoms with Gasteiger partial charge in [0.1, 0.15) is 0 Å². The SMILES string of the molecule is C=CCc1c2n(c3ccccc13)C(=O)C(Cc1nc[nH]c1C)CC2.Cl. The molecule has 0 saturated carbocycles. The monoisotopic (exact) mass is 355 g/mol. The summed E-state index contributed by atoms with van der Waals surface area (Å²) in [5.74, 6) is 0.192. The van der Waals surface area contributed by atoms with Crippen LogP contribution in [0.3, 0.4) is 0 Å². The predicted molar refractivity (Wildman–Crippen MR) is 103 cm³/mol. The summed E-state index contributed by atoms with van der Waals surface area (Å²) in [4.78, 5) is 20.7. The van der Waals surface area contributed by atoms with E-state index in [9.17, 15) is 4.79 Å². The second-order valence-electron chi connectivity index (χ2n) is 6.52. The molecule has 0 radical (unpaired) electrons. The summed E-state index contributed by atoms with van der Waals surface area (Å²) in [5, 5.41) is 1.18. The number of aromatic nitrogens is 3. The molecule has 1 unspecified atom stereocenters. The van der Waals surface area contributed by atoms with Crippen molar-refractivity contribution in [1.29, 1.82) is 0 Å². The number of benzene rings is 1. The summed E-state index contributed by atoms with van der Waals surface area (Å²) in [6, 6.07) is 8.20. The van der Waals surface area contributed by atoms with Crippen molar-refractivity contribution in [2.45, 2.75) is 32.6 Å². The largest absolute Gasteiger partial charge is 0.348 e. The molecule has 4 nitrogen and oxygen atoms in total. The molecule has 4 rings (SSSR count). The van der Waals surface area contributed by atoms with Crippen LogP contribution < -0.4 is 0 Å². The summed E-state index contributed by atoms with van der Waals surface area (Å²) >= 11 is 0. The van der Waals surface area contributed by atoms with Crippen LogP contribution in [0.25, 0.3) is 10.9 Å². The average Bonchev–Trinajstić information content (AvgIpc) is 3.13. The number of rotatable bonds is 4. The molecule has 1 aromatic carbocycles. The molecule has 0 aliphatic carbocycles. The Morgan fingerprint density at radius 2 is 2.20 bits per heavy atom. The van der Waals surface area contributed by atoms with E-state index < -0.39 is 0 Å². The van der Waals surface area contributed by atoms with E-state index in [1.807, 2.05) is 35.8 Å². The lowest BCUT2D eigenvalue weighted by Crippen LogP contribution is -2.30. The minimum Gasteiger partial charge on any atom is -0.348 e. The lowest BCUT2D eigenvalue weighted by atomic mass is 9.91. The predicted octanol–water partition coefficient (Wildman–Crippen LogP) is 4.27. The van der Waals surface area contributed by atoms with Crippen LogP contribution in [0, 0.1) is 12.8 Å². The molecule has 0 saturated heterocycles. The Bertz CT molecular complexity index is 938. The smallest absolute Gasteiger partial charge is 0.234 e. The van der Waals surface area contributed by atoms with Gasteiger partial charge >= 0.3 is 0 Å². The van der Waals surface area contributed by atoms with Gasteiger partial charge in [-0.3, -0.25) is 9.36 Å². The summed E-state index contributed by atoms with van der Waals surface area (Å²) in [6.07, 6.45) is 6.95. The number of fused-ring (bicyclic) bond motifs is 3. The van der Waals surface area contributed by atoms with Crippen molar-refractivity contribution in [2.75, 3.05) is 0 Å². The topological polar surface area (TPSA) is 50.7 Å². The van der Waals surface area contributed by atoms with Crippen LogP contribution in [-0.2, 0) is 19.3 Å². The first-order valence-corrected chi connectivity index (χ1v) is 8.46. The van der Waals surface area contributed by atoms with Gasteiger partial charge in [0.25, 0.3) is 0 Å². The summed E-state index contributed by atoms with van der Waals surface area (Å²) in [7, 11) is 0. The number of imidazole rings is 1. The molecule has 0 spiro atoms. The molecule has 130 valence electrons. The second kappa shape index (κ2) is 6.89. The van der Waals surface area contributed by atoms with Gasteiger partial charge in [-0.2, -0.15) is 0 Å². The highest BCUT2D eigenvalue weighted by Crippen LogP contribution is 2.34. The molecular weight excluding hydrogens is 334 g/mol. The third-order valence-electron chi connectivity index (χ3n) is 5.11. The molecule has 0 amide bonds. The maximum Gasteiger partial charge on any atom is 0.234 e. The first kappa shape index (κ1) is 17.5. The summed E-state index contributed by atoms with van der Waals surface area (Å²) in [6.45, 7) is 5.89. The summed E-state index contributed by atoms with van der Waals surface area (Å²) in [5.41, 5.74) is 5.50. The minimum absolute atomic E-state index is 0. The Morgan fingerprint density at radius 3 is 2.92 bits per heavy atom. The zero-order chi connectivity index (χ0) is 16.7. The highest BCUT2D eigenvalue weighted by Gasteiger charge is 2.31. The number of carbonyl (C=O) groups is 1. The van der Waals surface area contributed by atoms with Crippen LogP contribution in [0.5, 0.6) is 0 Å². The summed E-state index contributed by atoms with van der Waals surface area (Å²) < 4.78 is 1.95. The van der Waals surface area contributed by atoms with Crippen LogP contribution in [-0.4, -0.2) is 20.4 Å². The number of allylic oxidation sites excluding steroid dienone is 1. The van der Waals surface area contributed by atoms with Gasteiger partial charge in [-0.25, -0.2) is 4.98 Å². The van der Waals surface area contributed by atoms with Crippen molar-refractivity contribution in [2.24, 2.45) is 5.92 Å². The minimum atomic E-state index is -0.00751. The van der Waals surface area contributed by atoms with E-state index in [0.717, 1.165) is 41.9 Å². The number of hydrogen-bond acceptors (Lipinski definition) is 2. The molecule has 3 aromatic rings. The van der Waals surface area contributed by atoms with E-state index in [1.54, 1.807) is 6.33 Å². The molecule has 1 N–H and O–H groups in total. The van der Waals surface area contributed by atoms with Crippen LogP contribution in [0.15, 0.2) is 43.2 Å². The fraction of sp³-hybridized carbons (Fsp3) is 0.300. The zero-order valence-electron chi connectivity index (χ0n) is 14.3. The average molecular weight is 356 g/mol. The maximum atomic E-state index is 13.2. The first-order valence-electron chi connectivity index (χ1n) is 8.46. The number of H-pyrrole nitrogens is 1. The number of nitrogens with one attached hydrogen (secondary N) is 1. The Labute approximate surface area is 153 Å². The van der Waals surface area contributed by atoms with Crippen molar-refractivity contribution < 1.29 is 4.79 Å². The van der Waals surface area contributed by atoms with Gasteiger partial charge in [0.2, 0.25) is 5.91 Å². The lowest BCUT2D eigenvalue weighted by Gasteiger charge is -2.24. The number of halogens is 1. The third-order valence-corrected chi connectivity index (χ3v) is 5.11. The Morgan fingerprint density at radius 1 is 1.40 bits per heavy atom. The molecule has 25 heavy (non-hydrogen) atoms.